The number of hydrogen-bond donors (Lipinski definition) is 1. The van der Waals surface area contributed by atoms with Gasteiger partial charge in [0.1, 0.15) is 0 Å². The fourth-order valence-electron chi connectivity index (χ4n) is 2.65. The van der Waals surface area contributed by atoms with Crippen molar-refractivity contribution in [3.63, 3.8) is 0 Å². The second-order valence-corrected chi connectivity index (χ2v) is 8.17. The van der Waals surface area contributed by atoms with Crippen molar-refractivity contribution in [2.75, 3.05) is 12.3 Å². The molecule has 4 heteroatoms. The summed E-state index contributed by atoms with van der Waals surface area (Å²) in [4.78, 5) is 0. The molecule has 0 heterocycles. The first-order chi connectivity index (χ1) is 11.4. The molecule has 0 aliphatic heterocycles. The third-order valence-electron chi connectivity index (χ3n) is 4.26. The van der Waals surface area contributed by atoms with Gasteiger partial charge in [-0.2, -0.15) is 0 Å². The number of nitrogens with one attached hydrogen (secondary N) is 1. The predicted molar refractivity (Wildman–Crippen MR) is 102 cm³/mol. The molecule has 3 nitrogen and oxygen atoms in total. The fourth-order valence-corrected chi connectivity index (χ4v) is 3.83. The zero-order valence-corrected chi connectivity index (χ0v) is 15.6. The van der Waals surface area contributed by atoms with Crippen molar-refractivity contribution in [2.24, 2.45) is 0 Å². The smallest absolute Gasteiger partial charge is 0.211 e. The van der Waals surface area contributed by atoms with Gasteiger partial charge in [-0.1, -0.05) is 69.3 Å². The predicted octanol–water partition coefficient (Wildman–Crippen LogP) is 4.35. The summed E-state index contributed by atoms with van der Waals surface area (Å²) < 4.78 is 26.2. The molecule has 0 fully saturated rings. The lowest BCUT2D eigenvalue weighted by atomic mass is 9.97. The van der Waals surface area contributed by atoms with Gasteiger partial charge >= 0.3 is 0 Å². The molecule has 0 unspecified atom stereocenters. The van der Waals surface area contributed by atoms with Gasteiger partial charge in [0.25, 0.3) is 0 Å². The Kier molecular flexibility index (Phi) is 6.58. The molecule has 1 N–H and O–H groups in total. The maximum Gasteiger partial charge on any atom is 0.211 e. The van der Waals surface area contributed by atoms with Gasteiger partial charge in [0.15, 0.2) is 0 Å². The van der Waals surface area contributed by atoms with Crippen LogP contribution in [0.3, 0.4) is 0 Å². The normalized spacial score (nSPS) is 13.0. The van der Waals surface area contributed by atoms with Crippen molar-refractivity contribution < 1.29 is 8.42 Å². The van der Waals surface area contributed by atoms with Crippen molar-refractivity contribution in [1.82, 2.24) is 4.72 Å². The zero-order chi connectivity index (χ0) is 17.6. The SMILES string of the molecule is CCCS(=O)(=O)NC[C@@H](C)c1ccc(-c2ccc(CC)cc2)cc1. The van der Waals surface area contributed by atoms with Crippen LogP contribution < -0.4 is 4.72 Å². The van der Waals surface area contributed by atoms with Crippen LogP contribution in [0.5, 0.6) is 0 Å². The Morgan fingerprint density at radius 1 is 0.917 bits per heavy atom. The Morgan fingerprint density at radius 2 is 1.46 bits per heavy atom. The van der Waals surface area contributed by atoms with E-state index in [9.17, 15) is 8.42 Å². The molecule has 130 valence electrons. The third-order valence-corrected chi connectivity index (χ3v) is 5.81. The molecule has 0 aliphatic rings. The van der Waals surface area contributed by atoms with Gasteiger partial charge in [-0.05, 0) is 41.0 Å². The minimum absolute atomic E-state index is 0.146. The van der Waals surface area contributed by atoms with Crippen LogP contribution in [0, 0.1) is 0 Å². The zero-order valence-electron chi connectivity index (χ0n) is 14.7. The van der Waals surface area contributed by atoms with Crippen LogP contribution >= 0.6 is 0 Å². The molecule has 0 bridgehead atoms. The van der Waals surface area contributed by atoms with Crippen molar-refractivity contribution in [3.05, 3.63) is 59.7 Å². The average molecular weight is 346 g/mol. The maximum absolute atomic E-state index is 11.7. The summed E-state index contributed by atoms with van der Waals surface area (Å²) >= 11 is 0. The van der Waals surface area contributed by atoms with Crippen molar-refractivity contribution >= 4 is 10.0 Å². The summed E-state index contributed by atoms with van der Waals surface area (Å²) in [6, 6.07) is 17.0. The monoisotopic (exact) mass is 345 g/mol. The summed E-state index contributed by atoms with van der Waals surface area (Å²) in [7, 11) is -3.14. The van der Waals surface area contributed by atoms with Crippen LogP contribution in [0.15, 0.2) is 48.5 Å². The topological polar surface area (TPSA) is 46.2 Å². The molecule has 0 aromatic heterocycles. The molecule has 0 aliphatic carbocycles. The van der Waals surface area contributed by atoms with Gasteiger partial charge in [-0.15, -0.1) is 0 Å². The Labute approximate surface area is 146 Å². The highest BCUT2D eigenvalue weighted by Crippen LogP contribution is 2.23. The van der Waals surface area contributed by atoms with Crippen LogP contribution in [0.1, 0.15) is 44.2 Å². The quantitative estimate of drug-likeness (QED) is 0.773. The second-order valence-electron chi connectivity index (χ2n) is 6.24. The molecule has 2 rings (SSSR count). The summed E-state index contributed by atoms with van der Waals surface area (Å²) in [6.45, 7) is 6.50. The first kappa shape index (κ1) is 18.7. The minimum atomic E-state index is -3.14. The number of hydrogen-bond acceptors (Lipinski definition) is 2. The van der Waals surface area contributed by atoms with Crippen LogP contribution in [0.2, 0.25) is 0 Å². The Morgan fingerprint density at radius 3 is 1.96 bits per heavy atom. The standard InChI is InChI=1S/C20H27NO2S/c1-4-14-24(22,23)21-15-16(3)18-10-12-20(13-11-18)19-8-6-17(5-2)7-9-19/h6-13,16,21H,4-5,14-15H2,1-3H3/t16-/m1/s1. The van der Waals surface area contributed by atoms with Crippen molar-refractivity contribution in [2.45, 2.75) is 39.5 Å². The van der Waals surface area contributed by atoms with E-state index in [1.807, 2.05) is 13.8 Å². The largest absolute Gasteiger partial charge is 0.215 e. The summed E-state index contributed by atoms with van der Waals surface area (Å²) in [5.41, 5.74) is 4.86. The van der Waals surface area contributed by atoms with E-state index in [0.29, 0.717) is 13.0 Å². The van der Waals surface area contributed by atoms with Gasteiger partial charge < -0.3 is 0 Å². The summed E-state index contributed by atoms with van der Waals surface area (Å²) in [6.07, 6.45) is 1.68. The minimum Gasteiger partial charge on any atom is -0.215 e. The Hall–Kier alpha value is -1.65. The van der Waals surface area contributed by atoms with Crippen molar-refractivity contribution in [3.8, 4) is 11.1 Å². The molecule has 2 aromatic rings. The van der Waals surface area contributed by atoms with E-state index in [-0.39, 0.29) is 11.7 Å². The van der Waals surface area contributed by atoms with Crippen LogP contribution in [-0.4, -0.2) is 20.7 Å². The number of rotatable bonds is 8. The summed E-state index contributed by atoms with van der Waals surface area (Å²) in [5.74, 6) is 0.333. The average Bonchev–Trinajstić information content (AvgIpc) is 2.60. The van der Waals surface area contributed by atoms with E-state index in [4.69, 9.17) is 0 Å². The first-order valence-corrected chi connectivity index (χ1v) is 10.3. The molecule has 0 saturated heterocycles. The molecule has 0 amide bonds. The number of sulfonamides is 1. The van der Waals surface area contributed by atoms with E-state index < -0.39 is 10.0 Å². The third kappa shape index (κ3) is 5.18. The van der Waals surface area contributed by atoms with E-state index in [2.05, 4.69) is 60.2 Å². The molecule has 2 aromatic carbocycles. The van der Waals surface area contributed by atoms with Gasteiger partial charge in [0, 0.05) is 6.54 Å². The Bertz CT molecular complexity index is 734. The van der Waals surface area contributed by atoms with Crippen LogP contribution in [-0.2, 0) is 16.4 Å². The summed E-state index contributed by atoms with van der Waals surface area (Å²) in [5, 5.41) is 0. The molecule has 0 saturated carbocycles. The Balaban J connectivity index is 2.02. The highest BCUT2D eigenvalue weighted by atomic mass is 32.2. The van der Waals surface area contributed by atoms with E-state index in [0.717, 1.165) is 12.0 Å². The lowest BCUT2D eigenvalue weighted by molar-refractivity contribution is 0.573. The number of benzene rings is 2. The lowest BCUT2D eigenvalue weighted by Crippen LogP contribution is -2.29. The number of aryl methyl sites for hydroxylation is 1. The van der Waals surface area contributed by atoms with E-state index in [1.165, 1.54) is 16.7 Å². The van der Waals surface area contributed by atoms with E-state index >= 15 is 0 Å². The molecule has 24 heavy (non-hydrogen) atoms. The molecule has 1 atom stereocenters. The maximum atomic E-state index is 11.7. The van der Waals surface area contributed by atoms with Crippen molar-refractivity contribution in [1.29, 1.82) is 0 Å². The van der Waals surface area contributed by atoms with Crippen LogP contribution in [0.25, 0.3) is 11.1 Å². The molecular weight excluding hydrogens is 318 g/mol. The molecular formula is C20H27NO2S. The van der Waals surface area contributed by atoms with E-state index in [1.54, 1.807) is 0 Å². The second kappa shape index (κ2) is 8.45. The molecule has 0 spiro atoms. The van der Waals surface area contributed by atoms with Gasteiger partial charge in [-0.3, -0.25) is 0 Å². The van der Waals surface area contributed by atoms with Crippen LogP contribution in [0.4, 0.5) is 0 Å². The van der Waals surface area contributed by atoms with Gasteiger partial charge in [-0.25, -0.2) is 13.1 Å². The highest BCUT2D eigenvalue weighted by molar-refractivity contribution is 7.89. The first-order valence-electron chi connectivity index (χ1n) is 8.61. The molecule has 0 radical (unpaired) electrons. The fraction of sp³-hybridized carbons (Fsp3) is 0.400. The highest BCUT2D eigenvalue weighted by Gasteiger charge is 2.12. The van der Waals surface area contributed by atoms with Gasteiger partial charge in [0.05, 0.1) is 5.75 Å². The lowest BCUT2D eigenvalue weighted by Gasteiger charge is -2.14. The van der Waals surface area contributed by atoms with Gasteiger partial charge in [0.2, 0.25) is 10.0 Å².